The number of benzene rings is 1. The molecular weight excluding hydrogens is 188 g/mol. The fourth-order valence-corrected chi connectivity index (χ4v) is 1.09. The summed E-state index contributed by atoms with van der Waals surface area (Å²) in [6, 6.07) is 8.06. The molecule has 0 unspecified atom stereocenters. The molecule has 0 aromatic heterocycles. The molecule has 1 radical (unpaired) electrons. The Labute approximate surface area is 83.1 Å². The Bertz CT molecular complexity index is 250. The quantitative estimate of drug-likeness (QED) is 0.738. The zero-order valence-corrected chi connectivity index (χ0v) is 8.05. The highest BCUT2D eigenvalue weighted by atomic mass is 35.5. The average Bonchev–Trinajstić information content (AvgIpc) is 2.15. The molecule has 0 amide bonds. The van der Waals surface area contributed by atoms with Gasteiger partial charge in [0.1, 0.15) is 5.75 Å². The number of unbranched alkanes of at least 4 members (excludes halogenated alkanes) is 1. The molecule has 0 fully saturated rings. The van der Waals surface area contributed by atoms with E-state index in [4.69, 9.17) is 21.4 Å². The van der Waals surface area contributed by atoms with Crippen LogP contribution in [0.2, 0.25) is 5.02 Å². The maximum atomic E-state index is 8.53. The molecule has 0 bridgehead atoms. The van der Waals surface area contributed by atoms with Gasteiger partial charge in [0.05, 0.1) is 11.6 Å². The zero-order chi connectivity index (χ0) is 9.52. The van der Waals surface area contributed by atoms with Crippen LogP contribution in [0.3, 0.4) is 0 Å². The van der Waals surface area contributed by atoms with Gasteiger partial charge in [0.15, 0.2) is 0 Å². The summed E-state index contributed by atoms with van der Waals surface area (Å²) in [5.74, 6) is 0.679. The lowest BCUT2D eigenvalue weighted by atomic mass is 10.3. The van der Waals surface area contributed by atoms with Gasteiger partial charge in [-0.25, -0.2) is 0 Å². The summed E-state index contributed by atoms with van der Waals surface area (Å²) < 4.78 is 5.38. The molecule has 3 heteroatoms. The van der Waals surface area contributed by atoms with Gasteiger partial charge >= 0.3 is 0 Å². The molecule has 0 aliphatic heterocycles. The Hall–Kier alpha value is -0.730. The molecule has 1 aromatic rings. The van der Waals surface area contributed by atoms with Crippen molar-refractivity contribution in [2.75, 3.05) is 13.2 Å². The third-order valence-electron chi connectivity index (χ3n) is 1.59. The molecule has 0 heterocycles. The summed E-state index contributed by atoms with van der Waals surface area (Å²) in [6.45, 7) is 0.796. The highest BCUT2D eigenvalue weighted by Crippen LogP contribution is 2.22. The van der Waals surface area contributed by atoms with Crippen LogP contribution in [0.5, 0.6) is 5.75 Å². The highest BCUT2D eigenvalue weighted by Gasteiger charge is 1.98. The lowest BCUT2D eigenvalue weighted by Crippen LogP contribution is -1.98. The first-order valence-electron chi connectivity index (χ1n) is 4.24. The van der Waals surface area contributed by atoms with Gasteiger partial charge in [-0.1, -0.05) is 17.7 Å². The highest BCUT2D eigenvalue weighted by molar-refractivity contribution is 6.32. The van der Waals surface area contributed by atoms with Gasteiger partial charge < -0.3 is 9.84 Å². The summed E-state index contributed by atoms with van der Waals surface area (Å²) in [4.78, 5) is 0. The Balaban J connectivity index is 2.32. The second-order valence-electron chi connectivity index (χ2n) is 2.64. The van der Waals surface area contributed by atoms with Gasteiger partial charge in [0.25, 0.3) is 0 Å². The molecule has 1 aromatic carbocycles. The SMILES string of the molecule is OCCCCOc1cc[c]cc1Cl. The van der Waals surface area contributed by atoms with Crippen LogP contribution in [0.15, 0.2) is 18.2 Å². The van der Waals surface area contributed by atoms with Crippen molar-refractivity contribution in [1.82, 2.24) is 0 Å². The standard InChI is InChI=1S/C10H12ClO2/c11-9-5-1-2-6-10(9)13-8-4-3-7-12/h2,5-6,12H,3-4,7-8H2. The van der Waals surface area contributed by atoms with Gasteiger partial charge in [-0.3, -0.25) is 0 Å². The number of rotatable bonds is 5. The predicted octanol–water partition coefficient (Wildman–Crippen LogP) is 2.29. The molecule has 1 N–H and O–H groups in total. The second kappa shape index (κ2) is 5.84. The molecule has 71 valence electrons. The summed E-state index contributed by atoms with van der Waals surface area (Å²) in [5.41, 5.74) is 0. The lowest BCUT2D eigenvalue weighted by molar-refractivity contribution is 0.253. The first kappa shape index (κ1) is 10.4. The second-order valence-corrected chi connectivity index (χ2v) is 3.04. The maximum Gasteiger partial charge on any atom is 0.137 e. The van der Waals surface area contributed by atoms with E-state index in [0.29, 0.717) is 17.4 Å². The molecule has 13 heavy (non-hydrogen) atoms. The van der Waals surface area contributed by atoms with Crippen molar-refractivity contribution in [1.29, 1.82) is 0 Å². The van der Waals surface area contributed by atoms with Crippen molar-refractivity contribution in [3.8, 4) is 5.75 Å². The fraction of sp³-hybridized carbons (Fsp3) is 0.400. The van der Waals surface area contributed by atoms with Crippen molar-refractivity contribution >= 4 is 11.6 Å². The average molecular weight is 200 g/mol. The van der Waals surface area contributed by atoms with E-state index in [1.165, 1.54) is 0 Å². The third-order valence-corrected chi connectivity index (χ3v) is 1.88. The Kier molecular flexibility index (Phi) is 4.65. The van der Waals surface area contributed by atoms with Crippen LogP contribution in [0, 0.1) is 6.07 Å². The van der Waals surface area contributed by atoms with Gasteiger partial charge in [-0.05, 0) is 31.0 Å². The van der Waals surface area contributed by atoms with E-state index in [9.17, 15) is 0 Å². The zero-order valence-electron chi connectivity index (χ0n) is 7.29. The smallest absolute Gasteiger partial charge is 0.137 e. The summed E-state index contributed by atoms with van der Waals surface area (Å²) >= 11 is 5.83. The number of hydrogen-bond donors (Lipinski definition) is 1. The third kappa shape index (κ3) is 3.66. The molecule has 0 saturated carbocycles. The van der Waals surface area contributed by atoms with Crippen molar-refractivity contribution in [3.05, 3.63) is 29.3 Å². The summed E-state index contributed by atoms with van der Waals surface area (Å²) in [7, 11) is 0. The van der Waals surface area contributed by atoms with Crippen molar-refractivity contribution in [2.24, 2.45) is 0 Å². The minimum atomic E-state index is 0.208. The Morgan fingerprint density at radius 3 is 3.00 bits per heavy atom. The van der Waals surface area contributed by atoms with Crippen LogP contribution in [0.1, 0.15) is 12.8 Å². The Morgan fingerprint density at radius 1 is 1.46 bits per heavy atom. The molecule has 0 aliphatic carbocycles. The van der Waals surface area contributed by atoms with Crippen LogP contribution < -0.4 is 4.74 Å². The predicted molar refractivity (Wildman–Crippen MR) is 52.1 cm³/mol. The maximum absolute atomic E-state index is 8.53. The van der Waals surface area contributed by atoms with E-state index in [0.717, 1.165) is 12.8 Å². The van der Waals surface area contributed by atoms with E-state index in [1.807, 2.05) is 0 Å². The van der Waals surface area contributed by atoms with Crippen molar-refractivity contribution in [3.63, 3.8) is 0 Å². The van der Waals surface area contributed by atoms with E-state index < -0.39 is 0 Å². The van der Waals surface area contributed by atoms with Gasteiger partial charge in [-0.15, -0.1) is 0 Å². The first-order valence-corrected chi connectivity index (χ1v) is 4.61. The van der Waals surface area contributed by atoms with Crippen LogP contribution in [0.4, 0.5) is 0 Å². The number of aliphatic hydroxyl groups excluding tert-OH is 1. The normalized spacial score (nSPS) is 10.0. The molecule has 0 aliphatic rings. The summed E-state index contributed by atoms with van der Waals surface area (Å²) in [5, 5.41) is 9.11. The van der Waals surface area contributed by atoms with Crippen molar-refractivity contribution < 1.29 is 9.84 Å². The van der Waals surface area contributed by atoms with Gasteiger partial charge in [0.2, 0.25) is 0 Å². The molecule has 2 nitrogen and oxygen atoms in total. The van der Waals surface area contributed by atoms with Crippen LogP contribution in [-0.2, 0) is 0 Å². The van der Waals surface area contributed by atoms with E-state index in [1.54, 1.807) is 18.2 Å². The van der Waals surface area contributed by atoms with Crippen LogP contribution in [0.25, 0.3) is 0 Å². The number of hydrogen-bond acceptors (Lipinski definition) is 2. The fourth-order valence-electron chi connectivity index (χ4n) is 0.909. The van der Waals surface area contributed by atoms with Crippen LogP contribution in [-0.4, -0.2) is 18.3 Å². The largest absolute Gasteiger partial charge is 0.492 e. The van der Waals surface area contributed by atoms with Crippen molar-refractivity contribution in [2.45, 2.75) is 12.8 Å². The molecule has 0 atom stereocenters. The Morgan fingerprint density at radius 2 is 2.31 bits per heavy atom. The molecular formula is C10H12ClO2. The molecule has 0 spiro atoms. The van der Waals surface area contributed by atoms with E-state index in [2.05, 4.69) is 6.07 Å². The topological polar surface area (TPSA) is 29.5 Å². The number of ether oxygens (including phenoxy) is 1. The number of aliphatic hydroxyl groups is 1. The van der Waals surface area contributed by atoms with Crippen LogP contribution >= 0.6 is 11.6 Å². The molecule has 1 rings (SSSR count). The van der Waals surface area contributed by atoms with Gasteiger partial charge in [-0.2, -0.15) is 0 Å². The van der Waals surface area contributed by atoms with E-state index in [-0.39, 0.29) is 6.61 Å². The molecule has 0 saturated heterocycles. The monoisotopic (exact) mass is 199 g/mol. The first-order chi connectivity index (χ1) is 6.34. The number of halogens is 1. The minimum absolute atomic E-state index is 0.208. The van der Waals surface area contributed by atoms with E-state index >= 15 is 0 Å². The van der Waals surface area contributed by atoms with Gasteiger partial charge in [0, 0.05) is 6.61 Å². The summed E-state index contributed by atoms with van der Waals surface area (Å²) in [6.07, 6.45) is 1.60. The minimum Gasteiger partial charge on any atom is -0.492 e. The lowest BCUT2D eigenvalue weighted by Gasteiger charge is -2.06.